The number of carbonyl (C=O) groups is 2. The van der Waals surface area contributed by atoms with Crippen molar-refractivity contribution in [1.82, 2.24) is 35.3 Å². The summed E-state index contributed by atoms with van der Waals surface area (Å²) in [4.78, 5) is 29.6. The normalized spacial score (nSPS) is 18.0. The van der Waals surface area contributed by atoms with Gasteiger partial charge >= 0.3 is 0 Å². The minimum absolute atomic E-state index is 0.110. The molecule has 1 spiro atoms. The number of piperidine rings is 1. The molecule has 2 aliphatic rings. The SMILES string of the molecule is CN1C(=O)C2(CCN(C(=O)c3cn[nH]c3-n3cnnn3)CC2)c2ccccc21. The van der Waals surface area contributed by atoms with E-state index < -0.39 is 5.41 Å². The molecule has 3 aromatic rings. The van der Waals surface area contributed by atoms with Crippen LogP contribution in [0.4, 0.5) is 5.69 Å². The fraction of sp³-hybridized carbons (Fsp3) is 0.333. The van der Waals surface area contributed by atoms with Gasteiger partial charge in [-0.25, -0.2) is 0 Å². The average molecular weight is 378 g/mol. The topological polar surface area (TPSA) is 113 Å². The van der Waals surface area contributed by atoms with E-state index in [0.29, 0.717) is 37.3 Å². The fourth-order valence-electron chi connectivity index (χ4n) is 4.34. The van der Waals surface area contributed by atoms with Crippen molar-refractivity contribution in [2.24, 2.45) is 0 Å². The molecule has 2 aliphatic heterocycles. The second-order valence-corrected chi connectivity index (χ2v) is 7.14. The monoisotopic (exact) mass is 378 g/mol. The highest BCUT2D eigenvalue weighted by Gasteiger charge is 2.51. The first kappa shape index (κ1) is 16.6. The highest BCUT2D eigenvalue weighted by molar-refractivity contribution is 6.08. The number of amides is 2. The van der Waals surface area contributed by atoms with E-state index in [9.17, 15) is 9.59 Å². The molecule has 1 aromatic carbocycles. The molecular formula is C18H18N8O2. The Labute approximate surface area is 160 Å². The number of fused-ring (bicyclic) bond motifs is 2. The number of hydrogen-bond acceptors (Lipinski definition) is 6. The van der Waals surface area contributed by atoms with Gasteiger partial charge in [-0.05, 0) is 34.9 Å². The second kappa shape index (κ2) is 5.98. The van der Waals surface area contributed by atoms with Gasteiger partial charge < -0.3 is 9.80 Å². The number of tetrazole rings is 1. The van der Waals surface area contributed by atoms with Crippen LogP contribution < -0.4 is 4.90 Å². The van der Waals surface area contributed by atoms with Gasteiger partial charge in [0.05, 0.1) is 11.6 Å². The van der Waals surface area contributed by atoms with Crippen LogP contribution in [0.25, 0.3) is 5.82 Å². The zero-order valence-corrected chi connectivity index (χ0v) is 15.2. The Morgan fingerprint density at radius 2 is 2.00 bits per heavy atom. The Kier molecular flexibility index (Phi) is 3.54. The summed E-state index contributed by atoms with van der Waals surface area (Å²) in [6, 6.07) is 7.91. The Morgan fingerprint density at radius 3 is 2.75 bits per heavy atom. The third-order valence-electron chi connectivity index (χ3n) is 5.83. The highest BCUT2D eigenvalue weighted by Crippen LogP contribution is 2.47. The number of likely N-dealkylation sites (tertiary alicyclic amines) is 1. The molecule has 10 nitrogen and oxygen atoms in total. The maximum Gasteiger partial charge on any atom is 0.259 e. The first-order valence-corrected chi connectivity index (χ1v) is 9.05. The smallest absolute Gasteiger partial charge is 0.259 e. The maximum absolute atomic E-state index is 13.1. The lowest BCUT2D eigenvalue weighted by Gasteiger charge is -2.38. The molecule has 4 heterocycles. The van der Waals surface area contributed by atoms with Crippen molar-refractivity contribution in [3.63, 3.8) is 0 Å². The van der Waals surface area contributed by atoms with E-state index in [4.69, 9.17) is 0 Å². The van der Waals surface area contributed by atoms with Crippen molar-refractivity contribution in [3.8, 4) is 5.82 Å². The van der Waals surface area contributed by atoms with Gasteiger partial charge in [-0.15, -0.1) is 5.10 Å². The van der Waals surface area contributed by atoms with Crippen LogP contribution in [0.15, 0.2) is 36.8 Å². The van der Waals surface area contributed by atoms with Crippen molar-refractivity contribution >= 4 is 17.5 Å². The third-order valence-corrected chi connectivity index (χ3v) is 5.83. The molecule has 1 fully saturated rings. The Bertz CT molecular complexity index is 1050. The number of benzene rings is 1. The number of aromatic nitrogens is 6. The Balaban J connectivity index is 1.40. The summed E-state index contributed by atoms with van der Waals surface area (Å²) in [5, 5.41) is 17.7. The van der Waals surface area contributed by atoms with Gasteiger partial charge in [-0.2, -0.15) is 9.78 Å². The number of hydrogen-bond donors (Lipinski definition) is 1. The lowest BCUT2D eigenvalue weighted by atomic mass is 9.73. The van der Waals surface area contributed by atoms with Crippen LogP contribution in [0.1, 0.15) is 28.8 Å². The summed E-state index contributed by atoms with van der Waals surface area (Å²) in [7, 11) is 1.82. The van der Waals surface area contributed by atoms with Gasteiger partial charge in [0, 0.05) is 25.8 Å². The predicted octanol–water partition coefficient (Wildman–Crippen LogP) is 0.536. The Morgan fingerprint density at radius 1 is 1.21 bits per heavy atom. The van der Waals surface area contributed by atoms with Crippen molar-refractivity contribution in [2.75, 3.05) is 25.0 Å². The van der Waals surface area contributed by atoms with E-state index in [1.54, 1.807) is 9.80 Å². The average Bonchev–Trinajstić information content (AvgIpc) is 3.46. The Hall–Kier alpha value is -3.56. The summed E-state index contributed by atoms with van der Waals surface area (Å²) in [5.41, 5.74) is 1.88. The molecule has 1 saturated heterocycles. The molecule has 0 unspecified atom stereocenters. The number of aromatic amines is 1. The van der Waals surface area contributed by atoms with E-state index in [1.165, 1.54) is 17.2 Å². The summed E-state index contributed by atoms with van der Waals surface area (Å²) in [5.74, 6) is 0.386. The molecule has 0 bridgehead atoms. The number of nitrogens with one attached hydrogen (secondary N) is 1. The van der Waals surface area contributed by atoms with Gasteiger partial charge in [-0.3, -0.25) is 14.7 Å². The summed E-state index contributed by atoms with van der Waals surface area (Å²) < 4.78 is 1.37. The van der Waals surface area contributed by atoms with E-state index in [-0.39, 0.29) is 11.8 Å². The molecule has 2 aromatic heterocycles. The molecule has 2 amide bonds. The zero-order valence-electron chi connectivity index (χ0n) is 15.2. The van der Waals surface area contributed by atoms with Crippen LogP contribution >= 0.6 is 0 Å². The zero-order chi connectivity index (χ0) is 19.3. The predicted molar refractivity (Wildman–Crippen MR) is 98.0 cm³/mol. The summed E-state index contributed by atoms with van der Waals surface area (Å²) in [6.45, 7) is 0.986. The molecule has 1 N–H and O–H groups in total. The molecule has 142 valence electrons. The standard InChI is InChI=1S/C18H18N8O2/c1-24-14-5-3-2-4-13(14)18(17(24)28)6-8-25(9-7-18)16(27)12-10-19-21-15(12)26-11-20-22-23-26/h2-5,10-11H,6-9H2,1H3,(H,19,21). The van der Waals surface area contributed by atoms with Gasteiger partial charge in [0.15, 0.2) is 5.82 Å². The highest BCUT2D eigenvalue weighted by atomic mass is 16.2. The van der Waals surface area contributed by atoms with E-state index >= 15 is 0 Å². The number of rotatable bonds is 2. The van der Waals surface area contributed by atoms with Gasteiger partial charge in [-0.1, -0.05) is 18.2 Å². The minimum atomic E-state index is -0.544. The summed E-state index contributed by atoms with van der Waals surface area (Å²) >= 11 is 0. The molecule has 0 aliphatic carbocycles. The van der Waals surface area contributed by atoms with Crippen LogP contribution in [0.5, 0.6) is 0 Å². The molecule has 0 radical (unpaired) electrons. The molecule has 28 heavy (non-hydrogen) atoms. The maximum atomic E-state index is 13.1. The van der Waals surface area contributed by atoms with E-state index in [1.807, 2.05) is 31.3 Å². The third kappa shape index (κ3) is 2.20. The van der Waals surface area contributed by atoms with Crippen LogP contribution in [0, 0.1) is 0 Å². The number of anilines is 1. The quantitative estimate of drug-likeness (QED) is 0.696. The van der Waals surface area contributed by atoms with Crippen molar-refractivity contribution in [3.05, 3.63) is 47.9 Å². The number of para-hydroxylation sites is 1. The van der Waals surface area contributed by atoms with Crippen molar-refractivity contribution in [1.29, 1.82) is 0 Å². The number of likely N-dealkylation sites (N-methyl/N-ethyl adjacent to an activating group) is 1. The van der Waals surface area contributed by atoms with Crippen LogP contribution in [-0.4, -0.2) is 67.3 Å². The molecule has 0 atom stereocenters. The molecule has 0 saturated carbocycles. The van der Waals surface area contributed by atoms with Crippen molar-refractivity contribution < 1.29 is 9.59 Å². The number of nitrogens with zero attached hydrogens (tertiary/aromatic N) is 7. The van der Waals surface area contributed by atoms with Gasteiger partial charge in [0.1, 0.15) is 11.9 Å². The second-order valence-electron chi connectivity index (χ2n) is 7.14. The lowest BCUT2D eigenvalue weighted by Crippen LogP contribution is -2.49. The number of carbonyl (C=O) groups excluding carboxylic acids is 2. The minimum Gasteiger partial charge on any atom is -0.338 e. The summed E-state index contributed by atoms with van der Waals surface area (Å²) in [6.07, 6.45) is 4.07. The molecule has 5 rings (SSSR count). The van der Waals surface area contributed by atoms with Crippen LogP contribution in [-0.2, 0) is 10.2 Å². The van der Waals surface area contributed by atoms with Gasteiger partial charge in [0.25, 0.3) is 5.91 Å². The molecule has 10 heteroatoms. The fourth-order valence-corrected chi connectivity index (χ4v) is 4.34. The molecular weight excluding hydrogens is 360 g/mol. The van der Waals surface area contributed by atoms with E-state index in [2.05, 4.69) is 25.7 Å². The lowest BCUT2D eigenvalue weighted by molar-refractivity contribution is -0.124. The van der Waals surface area contributed by atoms with E-state index in [0.717, 1.165) is 11.3 Å². The van der Waals surface area contributed by atoms with Crippen LogP contribution in [0.3, 0.4) is 0 Å². The largest absolute Gasteiger partial charge is 0.338 e. The van der Waals surface area contributed by atoms with Crippen LogP contribution in [0.2, 0.25) is 0 Å². The van der Waals surface area contributed by atoms with Gasteiger partial charge in [0.2, 0.25) is 5.91 Å². The first-order valence-electron chi connectivity index (χ1n) is 9.05. The van der Waals surface area contributed by atoms with Crippen molar-refractivity contribution in [2.45, 2.75) is 18.3 Å². The number of H-pyrrole nitrogens is 1. The first-order chi connectivity index (χ1) is 13.6.